The molecule has 5 heteroatoms. The number of aromatic nitrogens is 2. The van der Waals surface area contributed by atoms with Crippen LogP contribution in [0, 0.1) is 0 Å². The highest BCUT2D eigenvalue weighted by atomic mass is 35.5. The lowest BCUT2D eigenvalue weighted by atomic mass is 10.0. The molecule has 1 atom stereocenters. The molecule has 20 heavy (non-hydrogen) atoms. The Labute approximate surface area is 129 Å². The Bertz CT molecular complexity index is 575. The van der Waals surface area contributed by atoms with Crippen molar-refractivity contribution in [2.24, 2.45) is 0 Å². The quantitative estimate of drug-likeness (QED) is 0.904. The van der Waals surface area contributed by atoms with Gasteiger partial charge >= 0.3 is 0 Å². The number of halogens is 2. The molecular formula is C15H18Cl2N2O. The van der Waals surface area contributed by atoms with Crippen LogP contribution < -0.4 is 0 Å². The molecule has 0 aliphatic rings. The Morgan fingerprint density at radius 3 is 2.35 bits per heavy atom. The summed E-state index contributed by atoms with van der Waals surface area (Å²) in [5.74, 6) is 0. The number of rotatable bonds is 5. The first-order valence-corrected chi connectivity index (χ1v) is 7.48. The van der Waals surface area contributed by atoms with Crippen LogP contribution in [-0.4, -0.2) is 14.9 Å². The number of aliphatic hydroxyl groups is 1. The summed E-state index contributed by atoms with van der Waals surface area (Å²) in [6.07, 6.45) is 0.745. The van der Waals surface area contributed by atoms with Crippen LogP contribution in [0.3, 0.4) is 0 Å². The van der Waals surface area contributed by atoms with Crippen LogP contribution in [0.4, 0.5) is 0 Å². The van der Waals surface area contributed by atoms with Crippen molar-refractivity contribution in [3.05, 3.63) is 51.3 Å². The van der Waals surface area contributed by atoms with Gasteiger partial charge < -0.3 is 5.11 Å². The molecule has 0 bridgehead atoms. The van der Waals surface area contributed by atoms with E-state index in [0.717, 1.165) is 29.9 Å². The highest BCUT2D eigenvalue weighted by Crippen LogP contribution is 2.26. The maximum Gasteiger partial charge on any atom is 0.0846 e. The SMILES string of the molecule is CCc1cc(CC(O)c2cc(Cl)cc(Cl)c2)n(CC)n1. The molecule has 2 rings (SSSR count). The Balaban J connectivity index is 2.22. The van der Waals surface area contributed by atoms with Crippen molar-refractivity contribution in [3.8, 4) is 0 Å². The van der Waals surface area contributed by atoms with Crippen LogP contribution in [0.1, 0.15) is 36.9 Å². The van der Waals surface area contributed by atoms with E-state index in [0.29, 0.717) is 16.5 Å². The van der Waals surface area contributed by atoms with E-state index in [9.17, 15) is 5.11 Å². The van der Waals surface area contributed by atoms with Gasteiger partial charge in [-0.15, -0.1) is 0 Å². The monoisotopic (exact) mass is 312 g/mol. The highest BCUT2D eigenvalue weighted by molar-refractivity contribution is 6.34. The second-order valence-corrected chi connectivity index (χ2v) is 5.59. The molecule has 108 valence electrons. The Morgan fingerprint density at radius 1 is 1.15 bits per heavy atom. The van der Waals surface area contributed by atoms with Gasteiger partial charge in [-0.25, -0.2) is 0 Å². The first kappa shape index (κ1) is 15.4. The summed E-state index contributed by atoms with van der Waals surface area (Å²) in [5, 5.41) is 15.9. The Hall–Kier alpha value is -1.03. The van der Waals surface area contributed by atoms with E-state index in [-0.39, 0.29) is 0 Å². The molecular weight excluding hydrogens is 295 g/mol. The number of aliphatic hydroxyl groups excluding tert-OH is 1. The van der Waals surface area contributed by atoms with Gasteiger partial charge in [0.2, 0.25) is 0 Å². The van der Waals surface area contributed by atoms with Crippen LogP contribution >= 0.6 is 23.2 Å². The number of aryl methyl sites for hydroxylation is 2. The van der Waals surface area contributed by atoms with Gasteiger partial charge in [-0.05, 0) is 43.2 Å². The van der Waals surface area contributed by atoms with Crippen molar-refractivity contribution in [1.82, 2.24) is 9.78 Å². The van der Waals surface area contributed by atoms with Crippen molar-refractivity contribution >= 4 is 23.2 Å². The topological polar surface area (TPSA) is 38.0 Å². The third kappa shape index (κ3) is 3.54. The standard InChI is InChI=1S/C15H18Cl2N2O/c1-3-13-8-14(19(4-2)18-13)9-15(20)10-5-11(16)7-12(17)6-10/h5-8,15,20H,3-4,9H2,1-2H3. The summed E-state index contributed by atoms with van der Waals surface area (Å²) in [6.45, 7) is 4.90. The van der Waals surface area contributed by atoms with E-state index in [4.69, 9.17) is 23.2 Å². The van der Waals surface area contributed by atoms with Gasteiger partial charge in [0.05, 0.1) is 11.8 Å². The molecule has 1 aromatic heterocycles. The van der Waals surface area contributed by atoms with Crippen LogP contribution in [0.15, 0.2) is 24.3 Å². The molecule has 3 nitrogen and oxygen atoms in total. The number of hydrogen-bond donors (Lipinski definition) is 1. The molecule has 0 aliphatic carbocycles. The minimum absolute atomic E-state index is 0.498. The van der Waals surface area contributed by atoms with Gasteiger partial charge in [0, 0.05) is 28.7 Å². The summed E-state index contributed by atoms with van der Waals surface area (Å²) >= 11 is 11.9. The molecule has 1 unspecified atom stereocenters. The molecule has 0 saturated carbocycles. The van der Waals surface area contributed by atoms with Gasteiger partial charge in [0.1, 0.15) is 0 Å². The number of hydrogen-bond acceptors (Lipinski definition) is 2. The Kier molecular flexibility index (Phi) is 5.08. The van der Waals surface area contributed by atoms with Crippen molar-refractivity contribution in [2.75, 3.05) is 0 Å². The van der Waals surface area contributed by atoms with Gasteiger partial charge in [-0.2, -0.15) is 5.10 Å². The second kappa shape index (κ2) is 6.61. The van der Waals surface area contributed by atoms with Crippen molar-refractivity contribution in [3.63, 3.8) is 0 Å². The maximum absolute atomic E-state index is 10.4. The van der Waals surface area contributed by atoms with Gasteiger partial charge in [0.15, 0.2) is 0 Å². The lowest BCUT2D eigenvalue weighted by molar-refractivity contribution is 0.175. The molecule has 1 aromatic carbocycles. The molecule has 0 spiro atoms. The summed E-state index contributed by atoms with van der Waals surface area (Å²) in [4.78, 5) is 0. The average Bonchev–Trinajstić information content (AvgIpc) is 2.79. The van der Waals surface area contributed by atoms with E-state index in [1.807, 2.05) is 17.7 Å². The first-order chi connectivity index (χ1) is 9.53. The van der Waals surface area contributed by atoms with E-state index in [1.54, 1.807) is 18.2 Å². The molecule has 0 amide bonds. The van der Waals surface area contributed by atoms with E-state index in [1.165, 1.54) is 0 Å². The molecule has 0 aliphatic heterocycles. The molecule has 0 saturated heterocycles. The smallest absolute Gasteiger partial charge is 0.0846 e. The minimum Gasteiger partial charge on any atom is -0.388 e. The maximum atomic E-state index is 10.4. The summed E-state index contributed by atoms with van der Waals surface area (Å²) < 4.78 is 1.92. The third-order valence-electron chi connectivity index (χ3n) is 3.25. The van der Waals surface area contributed by atoms with Gasteiger partial charge in [0.25, 0.3) is 0 Å². The predicted molar refractivity (Wildman–Crippen MR) is 82.4 cm³/mol. The third-order valence-corrected chi connectivity index (χ3v) is 3.68. The number of nitrogens with zero attached hydrogens (tertiary/aromatic N) is 2. The highest BCUT2D eigenvalue weighted by Gasteiger charge is 2.14. The zero-order valence-electron chi connectivity index (χ0n) is 11.6. The zero-order valence-corrected chi connectivity index (χ0v) is 13.1. The number of benzene rings is 1. The fourth-order valence-electron chi connectivity index (χ4n) is 2.21. The summed E-state index contributed by atoms with van der Waals surface area (Å²) in [7, 11) is 0. The first-order valence-electron chi connectivity index (χ1n) is 6.73. The lowest BCUT2D eigenvalue weighted by Gasteiger charge is -2.12. The average molecular weight is 313 g/mol. The second-order valence-electron chi connectivity index (χ2n) is 4.72. The van der Waals surface area contributed by atoms with Crippen molar-refractivity contribution in [1.29, 1.82) is 0 Å². The van der Waals surface area contributed by atoms with E-state index in [2.05, 4.69) is 12.0 Å². The fraction of sp³-hybridized carbons (Fsp3) is 0.400. The molecule has 1 N–H and O–H groups in total. The van der Waals surface area contributed by atoms with Crippen LogP contribution in [0.2, 0.25) is 10.0 Å². The van der Waals surface area contributed by atoms with Crippen molar-refractivity contribution < 1.29 is 5.11 Å². The molecule has 0 radical (unpaired) electrons. The predicted octanol–water partition coefficient (Wildman–Crippen LogP) is 4.05. The summed E-state index contributed by atoms with van der Waals surface area (Å²) in [5.41, 5.74) is 2.79. The normalized spacial score (nSPS) is 12.7. The van der Waals surface area contributed by atoms with Gasteiger partial charge in [-0.3, -0.25) is 4.68 Å². The Morgan fingerprint density at radius 2 is 1.80 bits per heavy atom. The van der Waals surface area contributed by atoms with Crippen LogP contribution in [-0.2, 0) is 19.4 Å². The zero-order chi connectivity index (χ0) is 14.7. The summed E-state index contributed by atoms with van der Waals surface area (Å²) in [6, 6.07) is 7.18. The molecule has 2 aromatic rings. The molecule has 0 fully saturated rings. The van der Waals surface area contributed by atoms with Crippen LogP contribution in [0.25, 0.3) is 0 Å². The largest absolute Gasteiger partial charge is 0.388 e. The fourth-order valence-corrected chi connectivity index (χ4v) is 2.75. The van der Waals surface area contributed by atoms with E-state index < -0.39 is 6.10 Å². The van der Waals surface area contributed by atoms with Crippen LogP contribution in [0.5, 0.6) is 0 Å². The van der Waals surface area contributed by atoms with E-state index >= 15 is 0 Å². The van der Waals surface area contributed by atoms with Crippen molar-refractivity contribution in [2.45, 2.75) is 39.3 Å². The minimum atomic E-state index is -0.641. The molecule has 1 heterocycles. The lowest BCUT2D eigenvalue weighted by Crippen LogP contribution is -2.08. The van der Waals surface area contributed by atoms with Gasteiger partial charge in [-0.1, -0.05) is 30.1 Å².